The number of amides is 2. The molecule has 2 aromatic carbocycles. The molecule has 2 N–H and O–H groups in total. The Bertz CT molecular complexity index is 646. The van der Waals surface area contributed by atoms with Gasteiger partial charge in [-0.1, -0.05) is 48.9 Å². The fourth-order valence-electron chi connectivity index (χ4n) is 1.98. The second-order valence-corrected chi connectivity index (χ2v) is 5.17. The van der Waals surface area contributed by atoms with Crippen LogP contribution < -0.4 is 10.6 Å². The third kappa shape index (κ3) is 4.45. The lowest BCUT2D eigenvalue weighted by atomic mass is 10.1. The summed E-state index contributed by atoms with van der Waals surface area (Å²) in [5.74, 6) is -1.29. The topological polar surface area (TPSA) is 58.2 Å². The van der Waals surface area contributed by atoms with E-state index in [2.05, 4.69) is 17.6 Å². The number of benzene rings is 2. The molecule has 4 heteroatoms. The first-order chi connectivity index (χ1) is 10.6. The van der Waals surface area contributed by atoms with E-state index in [1.54, 1.807) is 12.1 Å². The standard InChI is InChI=1S/C18H20N2O2/c1-3-14-8-10-16(11-9-14)20-18(22)17(21)19-12-15-6-4-13(2)5-7-15/h4-11H,3,12H2,1-2H3,(H,19,21)(H,20,22). The maximum absolute atomic E-state index is 11.8. The summed E-state index contributed by atoms with van der Waals surface area (Å²) >= 11 is 0. The van der Waals surface area contributed by atoms with Crippen molar-refractivity contribution in [3.05, 3.63) is 65.2 Å². The highest BCUT2D eigenvalue weighted by Gasteiger charge is 2.13. The van der Waals surface area contributed by atoms with Crippen molar-refractivity contribution in [1.82, 2.24) is 5.32 Å². The molecule has 114 valence electrons. The molecule has 0 saturated heterocycles. The van der Waals surface area contributed by atoms with Crippen molar-refractivity contribution in [1.29, 1.82) is 0 Å². The summed E-state index contributed by atoms with van der Waals surface area (Å²) in [7, 11) is 0. The first-order valence-corrected chi connectivity index (χ1v) is 7.32. The van der Waals surface area contributed by atoms with Crippen LogP contribution >= 0.6 is 0 Å². The van der Waals surface area contributed by atoms with Gasteiger partial charge in [0.05, 0.1) is 0 Å². The minimum atomic E-state index is -0.656. The molecule has 4 nitrogen and oxygen atoms in total. The molecule has 0 aliphatic heterocycles. The van der Waals surface area contributed by atoms with E-state index in [4.69, 9.17) is 0 Å². The van der Waals surface area contributed by atoms with Crippen molar-refractivity contribution in [3.8, 4) is 0 Å². The molecule has 0 aliphatic carbocycles. The number of carbonyl (C=O) groups is 2. The molecule has 0 radical (unpaired) electrons. The Hall–Kier alpha value is -2.62. The van der Waals surface area contributed by atoms with Crippen molar-refractivity contribution >= 4 is 17.5 Å². The van der Waals surface area contributed by atoms with Crippen LogP contribution in [0.3, 0.4) is 0 Å². The number of rotatable bonds is 4. The highest BCUT2D eigenvalue weighted by Crippen LogP contribution is 2.09. The molecule has 2 amide bonds. The third-order valence-electron chi connectivity index (χ3n) is 3.40. The third-order valence-corrected chi connectivity index (χ3v) is 3.40. The van der Waals surface area contributed by atoms with Gasteiger partial charge in [0.15, 0.2) is 0 Å². The zero-order valence-corrected chi connectivity index (χ0v) is 12.8. The van der Waals surface area contributed by atoms with Crippen LogP contribution in [0.4, 0.5) is 5.69 Å². The number of hydrogen-bond acceptors (Lipinski definition) is 2. The van der Waals surface area contributed by atoms with E-state index in [-0.39, 0.29) is 0 Å². The second-order valence-electron chi connectivity index (χ2n) is 5.17. The Morgan fingerprint density at radius 2 is 1.45 bits per heavy atom. The number of hydrogen-bond donors (Lipinski definition) is 2. The fourth-order valence-corrected chi connectivity index (χ4v) is 1.98. The number of carbonyl (C=O) groups excluding carboxylic acids is 2. The zero-order valence-electron chi connectivity index (χ0n) is 12.8. The number of anilines is 1. The summed E-state index contributed by atoms with van der Waals surface area (Å²) in [6, 6.07) is 15.2. The average Bonchev–Trinajstić information content (AvgIpc) is 2.54. The molecule has 22 heavy (non-hydrogen) atoms. The molecule has 0 heterocycles. The summed E-state index contributed by atoms with van der Waals surface area (Å²) in [6.07, 6.45) is 0.936. The highest BCUT2D eigenvalue weighted by molar-refractivity contribution is 6.39. The van der Waals surface area contributed by atoms with Gasteiger partial charge in [-0.2, -0.15) is 0 Å². The molecule has 0 fully saturated rings. The van der Waals surface area contributed by atoms with E-state index in [1.165, 1.54) is 5.56 Å². The van der Waals surface area contributed by atoms with Crippen LogP contribution in [-0.4, -0.2) is 11.8 Å². The van der Waals surface area contributed by atoms with Crippen molar-refractivity contribution < 1.29 is 9.59 Å². The van der Waals surface area contributed by atoms with Gasteiger partial charge in [0.1, 0.15) is 0 Å². The summed E-state index contributed by atoms with van der Waals surface area (Å²) in [5, 5.41) is 5.20. The number of nitrogens with one attached hydrogen (secondary N) is 2. The smallest absolute Gasteiger partial charge is 0.313 e. The Morgan fingerprint density at radius 1 is 0.864 bits per heavy atom. The van der Waals surface area contributed by atoms with Gasteiger partial charge >= 0.3 is 11.8 Å². The molecule has 2 aromatic rings. The van der Waals surface area contributed by atoms with Crippen LogP contribution in [0, 0.1) is 6.92 Å². The van der Waals surface area contributed by atoms with Gasteiger partial charge in [-0.25, -0.2) is 0 Å². The van der Waals surface area contributed by atoms with E-state index in [1.807, 2.05) is 43.3 Å². The predicted molar refractivity (Wildman–Crippen MR) is 87.5 cm³/mol. The van der Waals surface area contributed by atoms with Crippen LogP contribution in [0.25, 0.3) is 0 Å². The quantitative estimate of drug-likeness (QED) is 0.852. The van der Waals surface area contributed by atoms with Gasteiger partial charge < -0.3 is 10.6 Å². The minimum absolute atomic E-state index is 0.335. The van der Waals surface area contributed by atoms with Crippen LogP contribution in [0.1, 0.15) is 23.6 Å². The van der Waals surface area contributed by atoms with Gasteiger partial charge in [-0.3, -0.25) is 9.59 Å². The molecule has 0 saturated carbocycles. The zero-order chi connectivity index (χ0) is 15.9. The van der Waals surface area contributed by atoms with Crippen LogP contribution in [-0.2, 0) is 22.6 Å². The Labute approximate surface area is 130 Å². The van der Waals surface area contributed by atoms with E-state index in [0.29, 0.717) is 12.2 Å². The van der Waals surface area contributed by atoms with Gasteiger partial charge in [0.2, 0.25) is 0 Å². The molecular weight excluding hydrogens is 276 g/mol. The predicted octanol–water partition coefficient (Wildman–Crippen LogP) is 2.81. The van der Waals surface area contributed by atoms with Gasteiger partial charge in [0, 0.05) is 12.2 Å². The van der Waals surface area contributed by atoms with E-state index < -0.39 is 11.8 Å². The maximum atomic E-state index is 11.8. The summed E-state index contributed by atoms with van der Waals surface area (Å²) in [4.78, 5) is 23.6. The van der Waals surface area contributed by atoms with Crippen molar-refractivity contribution in [2.24, 2.45) is 0 Å². The Kier molecular flexibility index (Phi) is 5.31. The molecule has 2 rings (SSSR count). The van der Waals surface area contributed by atoms with Gasteiger partial charge in [-0.15, -0.1) is 0 Å². The minimum Gasteiger partial charge on any atom is -0.344 e. The lowest BCUT2D eigenvalue weighted by Crippen LogP contribution is -2.34. The largest absolute Gasteiger partial charge is 0.344 e. The van der Waals surface area contributed by atoms with Gasteiger partial charge in [-0.05, 0) is 36.6 Å². The van der Waals surface area contributed by atoms with E-state index in [0.717, 1.165) is 17.5 Å². The van der Waals surface area contributed by atoms with Crippen molar-refractivity contribution in [2.45, 2.75) is 26.8 Å². The van der Waals surface area contributed by atoms with Crippen LogP contribution in [0.2, 0.25) is 0 Å². The highest BCUT2D eigenvalue weighted by atomic mass is 16.2. The first kappa shape index (κ1) is 15.8. The molecule has 0 aromatic heterocycles. The van der Waals surface area contributed by atoms with E-state index in [9.17, 15) is 9.59 Å². The Morgan fingerprint density at radius 3 is 2.05 bits per heavy atom. The lowest BCUT2D eigenvalue weighted by molar-refractivity contribution is -0.136. The molecule has 0 unspecified atom stereocenters. The van der Waals surface area contributed by atoms with Crippen molar-refractivity contribution in [3.63, 3.8) is 0 Å². The Balaban J connectivity index is 1.86. The van der Waals surface area contributed by atoms with Crippen LogP contribution in [0.15, 0.2) is 48.5 Å². The monoisotopic (exact) mass is 296 g/mol. The average molecular weight is 296 g/mol. The molecule has 0 atom stereocenters. The lowest BCUT2D eigenvalue weighted by Gasteiger charge is -2.07. The summed E-state index contributed by atoms with van der Waals surface area (Å²) < 4.78 is 0. The molecule has 0 bridgehead atoms. The maximum Gasteiger partial charge on any atom is 0.313 e. The molecular formula is C18H20N2O2. The summed E-state index contributed by atoms with van der Waals surface area (Å²) in [5.41, 5.74) is 3.91. The second kappa shape index (κ2) is 7.41. The first-order valence-electron chi connectivity index (χ1n) is 7.32. The van der Waals surface area contributed by atoms with Crippen LogP contribution in [0.5, 0.6) is 0 Å². The fraction of sp³-hybridized carbons (Fsp3) is 0.222. The summed E-state index contributed by atoms with van der Waals surface area (Å²) in [6.45, 7) is 4.40. The van der Waals surface area contributed by atoms with Crippen molar-refractivity contribution in [2.75, 3.05) is 5.32 Å². The normalized spacial score (nSPS) is 10.1. The van der Waals surface area contributed by atoms with Gasteiger partial charge in [0.25, 0.3) is 0 Å². The molecule has 0 aliphatic rings. The SMILES string of the molecule is CCc1ccc(NC(=O)C(=O)NCc2ccc(C)cc2)cc1. The molecule has 0 spiro atoms. The van der Waals surface area contributed by atoms with E-state index >= 15 is 0 Å². The number of aryl methyl sites for hydroxylation is 2.